The van der Waals surface area contributed by atoms with Gasteiger partial charge in [-0.05, 0) is 6.92 Å². The molecule has 5 nitrogen and oxygen atoms in total. The molecule has 0 N–H and O–H groups in total. The summed E-state index contributed by atoms with van der Waals surface area (Å²) in [6, 6.07) is 0. The predicted octanol–water partition coefficient (Wildman–Crippen LogP) is 0.821. The first-order valence-corrected chi connectivity index (χ1v) is 5.66. The molecule has 1 fully saturated rings. The number of aldehydes is 1. The fourth-order valence-corrected chi connectivity index (χ4v) is 1.97. The van der Waals surface area contributed by atoms with Crippen molar-refractivity contribution >= 4 is 12.3 Å². The van der Waals surface area contributed by atoms with Crippen LogP contribution in [-0.2, 0) is 19.1 Å². The van der Waals surface area contributed by atoms with Crippen LogP contribution in [0.4, 0.5) is 0 Å². The molecule has 0 unspecified atom stereocenters. The average molecular weight is 243 g/mol. The van der Waals surface area contributed by atoms with Crippen molar-refractivity contribution in [3.05, 3.63) is 0 Å². The second-order valence-corrected chi connectivity index (χ2v) is 5.71. The minimum Gasteiger partial charge on any atom is -0.468 e. The van der Waals surface area contributed by atoms with Gasteiger partial charge in [0, 0.05) is 5.41 Å². The van der Waals surface area contributed by atoms with Gasteiger partial charge in [0.15, 0.2) is 0 Å². The van der Waals surface area contributed by atoms with E-state index in [4.69, 9.17) is 4.74 Å². The molecule has 0 bridgehead atoms. The van der Waals surface area contributed by atoms with Gasteiger partial charge in [-0.2, -0.15) is 0 Å². The summed E-state index contributed by atoms with van der Waals surface area (Å²) in [5.74, 6) is -0.363. The van der Waals surface area contributed by atoms with Gasteiger partial charge in [0.1, 0.15) is 18.1 Å². The summed E-state index contributed by atoms with van der Waals surface area (Å²) < 4.78 is 10.3. The van der Waals surface area contributed by atoms with Crippen molar-refractivity contribution in [3.63, 3.8) is 0 Å². The van der Waals surface area contributed by atoms with Crippen LogP contribution in [0, 0.1) is 5.41 Å². The van der Waals surface area contributed by atoms with E-state index in [1.54, 1.807) is 11.8 Å². The number of carbonyl (C=O) groups is 2. The minimum atomic E-state index is -0.758. The average Bonchev–Trinajstić information content (AvgIpc) is 2.57. The molecule has 1 rings (SSSR count). The summed E-state index contributed by atoms with van der Waals surface area (Å²) in [5, 5.41) is 0. The number of hydrogen-bond donors (Lipinski definition) is 0. The molecule has 1 aliphatic rings. The molecule has 0 spiro atoms. The number of nitrogens with zero attached hydrogens (tertiary/aromatic N) is 1. The second kappa shape index (κ2) is 4.74. The van der Waals surface area contributed by atoms with Crippen LogP contribution in [0.25, 0.3) is 0 Å². The van der Waals surface area contributed by atoms with Crippen molar-refractivity contribution in [2.45, 2.75) is 39.5 Å². The molecule has 98 valence electrons. The van der Waals surface area contributed by atoms with Gasteiger partial charge in [-0.15, -0.1) is 0 Å². The zero-order valence-corrected chi connectivity index (χ0v) is 11.1. The lowest BCUT2D eigenvalue weighted by Crippen LogP contribution is -2.53. The Bertz CT molecular complexity index is 310. The third-order valence-electron chi connectivity index (χ3n) is 2.99. The van der Waals surface area contributed by atoms with Gasteiger partial charge in [-0.1, -0.05) is 20.8 Å². The van der Waals surface area contributed by atoms with Gasteiger partial charge in [0.25, 0.3) is 0 Å². The Hall–Kier alpha value is -0.940. The summed E-state index contributed by atoms with van der Waals surface area (Å²) >= 11 is 0. The van der Waals surface area contributed by atoms with Crippen LogP contribution in [0.5, 0.6) is 0 Å². The molecule has 1 saturated heterocycles. The largest absolute Gasteiger partial charge is 0.468 e. The van der Waals surface area contributed by atoms with Crippen molar-refractivity contribution < 1.29 is 19.1 Å². The molecule has 0 amide bonds. The summed E-state index contributed by atoms with van der Waals surface area (Å²) in [7, 11) is 1.34. The monoisotopic (exact) mass is 243 g/mol. The normalized spacial score (nSPS) is 30.3. The van der Waals surface area contributed by atoms with Crippen molar-refractivity contribution in [1.29, 1.82) is 0 Å². The highest BCUT2D eigenvalue weighted by Gasteiger charge is 2.49. The maximum atomic E-state index is 11.4. The van der Waals surface area contributed by atoms with Gasteiger partial charge in [0.2, 0.25) is 0 Å². The first kappa shape index (κ1) is 14.1. The number of esters is 1. The number of hydrogen-bond acceptors (Lipinski definition) is 5. The van der Waals surface area contributed by atoms with Crippen LogP contribution < -0.4 is 0 Å². The predicted molar refractivity (Wildman–Crippen MR) is 62.4 cm³/mol. The highest BCUT2D eigenvalue weighted by Crippen LogP contribution is 2.35. The van der Waals surface area contributed by atoms with Crippen LogP contribution in [0.2, 0.25) is 0 Å². The Balaban J connectivity index is 2.95. The van der Waals surface area contributed by atoms with Gasteiger partial charge >= 0.3 is 5.97 Å². The molecule has 0 aliphatic carbocycles. The summed E-state index contributed by atoms with van der Waals surface area (Å²) in [6.07, 6.45) is 0.568. The highest BCUT2D eigenvalue weighted by atomic mass is 16.5. The molecule has 0 radical (unpaired) electrons. The molecular weight excluding hydrogens is 222 g/mol. The fraction of sp³-hybridized carbons (Fsp3) is 0.833. The number of ether oxygens (including phenoxy) is 2. The molecule has 0 aromatic heterocycles. The van der Waals surface area contributed by atoms with E-state index in [0.29, 0.717) is 6.61 Å². The van der Waals surface area contributed by atoms with Crippen molar-refractivity contribution in [2.75, 3.05) is 20.3 Å². The summed E-state index contributed by atoms with van der Waals surface area (Å²) in [4.78, 5) is 24.4. The lowest BCUT2D eigenvalue weighted by molar-refractivity contribution is -0.147. The van der Waals surface area contributed by atoms with E-state index < -0.39 is 5.54 Å². The molecule has 0 aromatic rings. The smallest absolute Gasteiger partial charge is 0.319 e. The van der Waals surface area contributed by atoms with E-state index in [-0.39, 0.29) is 24.2 Å². The van der Waals surface area contributed by atoms with Gasteiger partial charge in [-0.25, -0.2) is 0 Å². The van der Waals surface area contributed by atoms with E-state index in [0.717, 1.165) is 6.29 Å². The highest BCUT2D eigenvalue weighted by molar-refractivity contribution is 5.73. The summed E-state index contributed by atoms with van der Waals surface area (Å²) in [5.41, 5.74) is -0.930. The third-order valence-corrected chi connectivity index (χ3v) is 2.99. The van der Waals surface area contributed by atoms with Crippen LogP contribution >= 0.6 is 0 Å². The van der Waals surface area contributed by atoms with E-state index in [1.807, 2.05) is 20.8 Å². The Labute approximate surface area is 102 Å². The molecular formula is C12H21NO4. The van der Waals surface area contributed by atoms with E-state index >= 15 is 0 Å². The van der Waals surface area contributed by atoms with Gasteiger partial charge in [-0.3, -0.25) is 9.69 Å². The first-order valence-electron chi connectivity index (χ1n) is 5.66. The van der Waals surface area contributed by atoms with Crippen LogP contribution in [0.3, 0.4) is 0 Å². The van der Waals surface area contributed by atoms with Crippen molar-refractivity contribution in [2.24, 2.45) is 5.41 Å². The maximum Gasteiger partial charge on any atom is 0.319 e. The number of methoxy groups -OCH3 is 1. The topological polar surface area (TPSA) is 55.8 Å². The molecule has 1 heterocycles. The number of rotatable bonds is 3. The van der Waals surface area contributed by atoms with Gasteiger partial charge < -0.3 is 14.3 Å². The molecule has 5 heteroatoms. The zero-order valence-electron chi connectivity index (χ0n) is 11.1. The lowest BCUT2D eigenvalue weighted by atomic mass is 9.91. The van der Waals surface area contributed by atoms with E-state index in [9.17, 15) is 9.59 Å². The molecule has 0 saturated carbocycles. The maximum absolute atomic E-state index is 11.4. The molecule has 0 aromatic carbocycles. The standard InChI is InChI=1S/C12H21NO4/c1-11(2,3)10-13(6-9(15)16-5)12(4,7-14)8-17-10/h7,10H,6,8H2,1-5H3/t10-,12-/m1/s1. The van der Waals surface area contributed by atoms with Crippen LogP contribution in [0.15, 0.2) is 0 Å². The zero-order chi connectivity index (χ0) is 13.3. The quantitative estimate of drug-likeness (QED) is 0.542. The van der Waals surface area contributed by atoms with Crippen LogP contribution in [0.1, 0.15) is 27.7 Å². The van der Waals surface area contributed by atoms with Crippen molar-refractivity contribution in [1.82, 2.24) is 4.90 Å². The van der Waals surface area contributed by atoms with Gasteiger partial charge in [0.05, 0.1) is 20.3 Å². The first-order chi connectivity index (χ1) is 7.74. The fourth-order valence-electron chi connectivity index (χ4n) is 1.97. The molecule has 2 atom stereocenters. The lowest BCUT2D eigenvalue weighted by Gasteiger charge is -2.37. The SMILES string of the molecule is COC(=O)CN1[C@@H](C(C)(C)C)OC[C@@]1(C)C=O. The second-order valence-electron chi connectivity index (χ2n) is 5.71. The van der Waals surface area contributed by atoms with E-state index in [1.165, 1.54) is 7.11 Å². The summed E-state index contributed by atoms with van der Waals surface area (Å²) in [6.45, 7) is 8.17. The van der Waals surface area contributed by atoms with Crippen LogP contribution in [-0.4, -0.2) is 49.2 Å². The Morgan fingerprint density at radius 1 is 1.59 bits per heavy atom. The van der Waals surface area contributed by atoms with E-state index in [2.05, 4.69) is 4.74 Å². The Morgan fingerprint density at radius 3 is 2.59 bits per heavy atom. The number of carbonyl (C=O) groups excluding carboxylic acids is 2. The minimum absolute atomic E-state index is 0.0632. The molecule has 17 heavy (non-hydrogen) atoms. The molecule has 1 aliphatic heterocycles. The van der Waals surface area contributed by atoms with Crippen molar-refractivity contribution in [3.8, 4) is 0 Å². The Kier molecular flexibility index (Phi) is 3.94. The third kappa shape index (κ3) is 2.84. The Morgan fingerprint density at radius 2 is 2.18 bits per heavy atom.